The molecule has 0 radical (unpaired) electrons. The number of methoxy groups -OCH3 is 1. The zero-order valence-electron chi connectivity index (χ0n) is 19.2. The Morgan fingerprint density at radius 3 is 2.51 bits per heavy atom. The van der Waals surface area contributed by atoms with Gasteiger partial charge in [-0.25, -0.2) is 4.98 Å². The van der Waals surface area contributed by atoms with Crippen LogP contribution in [0, 0.1) is 17.4 Å². The third kappa shape index (κ3) is 4.10. The van der Waals surface area contributed by atoms with Crippen LogP contribution in [0.2, 0.25) is 0 Å². The molecule has 1 aliphatic rings. The predicted molar refractivity (Wildman–Crippen MR) is 146 cm³/mol. The number of aliphatic hydroxyl groups excluding tert-OH is 1. The summed E-state index contributed by atoms with van der Waals surface area (Å²) in [6, 6.07) is 17.9. The van der Waals surface area contributed by atoms with Crippen molar-refractivity contribution in [3.8, 4) is 5.75 Å². The number of carbonyl (C=O) groups is 2. The van der Waals surface area contributed by atoms with E-state index in [-0.39, 0.29) is 11.3 Å². The van der Waals surface area contributed by atoms with Crippen molar-refractivity contribution in [1.29, 1.82) is 0 Å². The van der Waals surface area contributed by atoms with Crippen LogP contribution in [-0.2, 0) is 9.59 Å². The maximum Gasteiger partial charge on any atom is 0.301 e. The van der Waals surface area contributed by atoms with Crippen LogP contribution >= 0.6 is 33.9 Å². The monoisotopic (exact) mass is 596 g/mol. The number of aryl methyl sites for hydroxylation is 2. The lowest BCUT2D eigenvalue weighted by Crippen LogP contribution is -2.29. The summed E-state index contributed by atoms with van der Waals surface area (Å²) < 4.78 is 7.17. The Kier molecular flexibility index (Phi) is 6.10. The van der Waals surface area contributed by atoms with Crippen LogP contribution in [0.3, 0.4) is 0 Å². The van der Waals surface area contributed by atoms with Gasteiger partial charge in [0, 0.05) is 9.13 Å². The SMILES string of the molecule is COc1ccc2nc(N3C(=O)C(=O)/C(=C(/O)c4cc(C)ccc4C)C3c3ccc(I)cc3)sc2c1. The first-order valence-electron chi connectivity index (χ1n) is 10.9. The number of benzene rings is 3. The lowest BCUT2D eigenvalue weighted by molar-refractivity contribution is -0.132. The van der Waals surface area contributed by atoms with Crippen LogP contribution < -0.4 is 9.64 Å². The predicted octanol–water partition coefficient (Wildman–Crippen LogP) is 6.15. The number of hydrogen-bond donors (Lipinski definition) is 1. The van der Waals surface area contributed by atoms with E-state index in [1.807, 2.05) is 68.4 Å². The van der Waals surface area contributed by atoms with E-state index in [4.69, 9.17) is 4.74 Å². The first kappa shape index (κ1) is 23.5. The minimum atomic E-state index is -0.811. The maximum absolute atomic E-state index is 13.4. The van der Waals surface area contributed by atoms with E-state index in [0.29, 0.717) is 27.5 Å². The van der Waals surface area contributed by atoms with Crippen molar-refractivity contribution in [3.63, 3.8) is 0 Å². The first-order chi connectivity index (χ1) is 16.8. The largest absolute Gasteiger partial charge is 0.507 e. The molecule has 8 heteroatoms. The van der Waals surface area contributed by atoms with E-state index in [2.05, 4.69) is 27.6 Å². The lowest BCUT2D eigenvalue weighted by atomic mass is 9.93. The Morgan fingerprint density at radius 2 is 1.80 bits per heavy atom. The van der Waals surface area contributed by atoms with Gasteiger partial charge in [-0.2, -0.15) is 0 Å². The average Bonchev–Trinajstić information content (AvgIpc) is 3.38. The van der Waals surface area contributed by atoms with Gasteiger partial charge in [0.1, 0.15) is 11.5 Å². The summed E-state index contributed by atoms with van der Waals surface area (Å²) in [6.45, 7) is 3.78. The second-order valence-electron chi connectivity index (χ2n) is 8.37. The smallest absolute Gasteiger partial charge is 0.301 e. The highest BCUT2D eigenvalue weighted by atomic mass is 127. The number of Topliss-reactive ketones (excluding diaryl/α,β-unsaturated/α-hetero) is 1. The molecule has 1 saturated heterocycles. The van der Waals surface area contributed by atoms with Crippen LogP contribution in [0.15, 0.2) is 66.2 Å². The van der Waals surface area contributed by atoms with Crippen molar-refractivity contribution in [3.05, 3.63) is 92.1 Å². The highest BCUT2D eigenvalue weighted by Crippen LogP contribution is 2.45. The van der Waals surface area contributed by atoms with Gasteiger partial charge in [0.15, 0.2) is 5.13 Å². The zero-order valence-corrected chi connectivity index (χ0v) is 22.2. The maximum atomic E-state index is 13.4. The number of aromatic nitrogens is 1. The molecule has 3 aromatic carbocycles. The average molecular weight is 596 g/mol. The summed E-state index contributed by atoms with van der Waals surface area (Å²) in [7, 11) is 1.59. The number of rotatable bonds is 4. The van der Waals surface area contributed by atoms with E-state index in [1.54, 1.807) is 13.2 Å². The summed E-state index contributed by atoms with van der Waals surface area (Å²) in [5.41, 5.74) is 3.76. The molecule has 1 atom stereocenters. The van der Waals surface area contributed by atoms with Gasteiger partial charge in [-0.05, 0) is 84.0 Å². The fourth-order valence-corrected chi connectivity index (χ4v) is 5.63. The molecule has 0 bridgehead atoms. The van der Waals surface area contributed by atoms with Crippen LogP contribution in [0.25, 0.3) is 16.0 Å². The van der Waals surface area contributed by atoms with Crippen molar-refractivity contribution < 1.29 is 19.4 Å². The Labute approximate surface area is 220 Å². The molecule has 35 heavy (non-hydrogen) atoms. The van der Waals surface area contributed by atoms with E-state index in [0.717, 1.165) is 19.4 Å². The molecule has 2 heterocycles. The van der Waals surface area contributed by atoms with E-state index in [1.165, 1.54) is 16.2 Å². The number of ether oxygens (including phenoxy) is 1. The summed E-state index contributed by atoms with van der Waals surface area (Å²) in [5.74, 6) is -0.951. The van der Waals surface area contributed by atoms with Crippen molar-refractivity contribution >= 4 is 66.7 Å². The highest BCUT2D eigenvalue weighted by Gasteiger charge is 2.48. The number of fused-ring (bicyclic) bond motifs is 1. The topological polar surface area (TPSA) is 79.7 Å². The van der Waals surface area contributed by atoms with Gasteiger partial charge in [-0.3, -0.25) is 14.5 Å². The Hall–Kier alpha value is -3.24. The van der Waals surface area contributed by atoms with Crippen molar-refractivity contribution in [1.82, 2.24) is 4.98 Å². The normalized spacial score (nSPS) is 17.4. The van der Waals surface area contributed by atoms with E-state index < -0.39 is 17.7 Å². The van der Waals surface area contributed by atoms with E-state index >= 15 is 0 Å². The van der Waals surface area contributed by atoms with Crippen LogP contribution in [0.4, 0.5) is 5.13 Å². The quantitative estimate of drug-likeness (QED) is 0.132. The minimum Gasteiger partial charge on any atom is -0.507 e. The minimum absolute atomic E-state index is 0.0572. The van der Waals surface area contributed by atoms with Gasteiger partial charge in [-0.1, -0.05) is 41.2 Å². The first-order valence-corrected chi connectivity index (χ1v) is 12.8. The molecule has 1 amide bonds. The number of aliphatic hydroxyl groups is 1. The fraction of sp³-hybridized carbons (Fsp3) is 0.148. The summed E-state index contributed by atoms with van der Waals surface area (Å²) >= 11 is 3.51. The third-order valence-electron chi connectivity index (χ3n) is 6.07. The molecular weight excluding hydrogens is 575 g/mol. The molecule has 0 aliphatic carbocycles. The van der Waals surface area contributed by atoms with Gasteiger partial charge in [0.2, 0.25) is 0 Å². The van der Waals surface area contributed by atoms with Crippen molar-refractivity contribution in [2.24, 2.45) is 0 Å². The van der Waals surface area contributed by atoms with Crippen molar-refractivity contribution in [2.75, 3.05) is 12.0 Å². The molecule has 1 unspecified atom stereocenters. The molecule has 1 N–H and O–H groups in total. The molecule has 6 nitrogen and oxygen atoms in total. The number of hydrogen-bond acceptors (Lipinski definition) is 6. The number of anilines is 1. The van der Waals surface area contributed by atoms with Gasteiger partial charge in [-0.15, -0.1) is 0 Å². The molecule has 5 rings (SSSR count). The second-order valence-corrected chi connectivity index (χ2v) is 10.6. The highest BCUT2D eigenvalue weighted by molar-refractivity contribution is 14.1. The number of carbonyl (C=O) groups excluding carboxylic acids is 2. The van der Waals surface area contributed by atoms with Gasteiger partial charge < -0.3 is 9.84 Å². The molecule has 4 aromatic rings. The Balaban J connectivity index is 1.74. The number of halogens is 1. The van der Waals surface area contributed by atoms with Gasteiger partial charge in [0.25, 0.3) is 5.78 Å². The lowest BCUT2D eigenvalue weighted by Gasteiger charge is -2.23. The van der Waals surface area contributed by atoms with Gasteiger partial charge in [0.05, 0.1) is 28.9 Å². The van der Waals surface area contributed by atoms with Crippen LogP contribution in [0.1, 0.15) is 28.3 Å². The summed E-state index contributed by atoms with van der Waals surface area (Å²) in [4.78, 5) is 32.9. The standard InChI is InChI=1S/C27H21IN2O4S/c1-14-4-5-15(2)19(12-14)24(31)22-23(16-6-8-17(28)9-7-16)30(26(33)25(22)32)27-29-20-11-10-18(34-3)13-21(20)35-27/h4-13,23,31H,1-3H3/b24-22+. The molecule has 0 saturated carbocycles. The summed E-state index contributed by atoms with van der Waals surface area (Å²) in [6.07, 6.45) is 0. The molecule has 176 valence electrons. The third-order valence-corrected chi connectivity index (χ3v) is 7.81. The van der Waals surface area contributed by atoms with E-state index in [9.17, 15) is 14.7 Å². The second kappa shape index (κ2) is 9.09. The number of ketones is 1. The molecule has 1 aliphatic heterocycles. The molecule has 0 spiro atoms. The number of amides is 1. The molecular formula is C27H21IN2O4S. The van der Waals surface area contributed by atoms with Crippen molar-refractivity contribution in [2.45, 2.75) is 19.9 Å². The number of nitrogens with zero attached hydrogens (tertiary/aromatic N) is 2. The zero-order chi connectivity index (χ0) is 24.9. The Bertz CT molecular complexity index is 1520. The van der Waals surface area contributed by atoms with Crippen LogP contribution in [-0.4, -0.2) is 28.9 Å². The number of thiazole rings is 1. The fourth-order valence-electron chi connectivity index (χ4n) is 4.25. The van der Waals surface area contributed by atoms with Crippen LogP contribution in [0.5, 0.6) is 5.75 Å². The molecule has 1 fully saturated rings. The summed E-state index contributed by atoms with van der Waals surface area (Å²) in [5, 5.41) is 11.8. The Morgan fingerprint density at radius 1 is 1.06 bits per heavy atom. The van der Waals surface area contributed by atoms with Gasteiger partial charge >= 0.3 is 5.91 Å². The molecule has 1 aromatic heterocycles.